The molecule has 0 amide bonds. The van der Waals surface area contributed by atoms with Crippen molar-refractivity contribution in [2.24, 2.45) is 12.0 Å². The van der Waals surface area contributed by atoms with E-state index >= 15 is 0 Å². The highest BCUT2D eigenvalue weighted by atomic mass is 79.9. The van der Waals surface area contributed by atoms with Gasteiger partial charge >= 0.3 is 0 Å². The third-order valence-electron chi connectivity index (χ3n) is 5.68. The van der Waals surface area contributed by atoms with Crippen LogP contribution < -0.4 is 10.6 Å². The van der Waals surface area contributed by atoms with Gasteiger partial charge in [0.1, 0.15) is 0 Å². The summed E-state index contributed by atoms with van der Waals surface area (Å²) in [5, 5.41) is 11.5. The monoisotopic (exact) mass is 417 g/mol. The first-order valence-corrected chi connectivity index (χ1v) is 9.94. The summed E-state index contributed by atoms with van der Waals surface area (Å²) in [7, 11) is 3.81. The standard InChI is InChI=1S/C20H28BrN5/c1-14-18(15(2)26(4)25-14)12-23-19(22-3)24-13-20(10-5-11-20)16-6-8-17(21)9-7-16/h6-9H,5,10-13H2,1-4H3,(H2,22,23,24). The van der Waals surface area contributed by atoms with E-state index in [0.717, 1.165) is 29.2 Å². The minimum atomic E-state index is 0.221. The van der Waals surface area contributed by atoms with Gasteiger partial charge in [0, 0.05) is 48.3 Å². The maximum absolute atomic E-state index is 4.48. The van der Waals surface area contributed by atoms with Gasteiger partial charge < -0.3 is 10.6 Å². The average molecular weight is 418 g/mol. The van der Waals surface area contributed by atoms with Gasteiger partial charge in [0.05, 0.1) is 5.69 Å². The molecule has 0 spiro atoms. The zero-order valence-electron chi connectivity index (χ0n) is 16.1. The SMILES string of the molecule is CN=C(NCc1c(C)nn(C)c1C)NCC1(c2ccc(Br)cc2)CCC1. The first-order chi connectivity index (χ1) is 12.4. The summed E-state index contributed by atoms with van der Waals surface area (Å²) in [5.41, 5.74) is 5.13. The number of aliphatic imine (C=N–C) groups is 1. The third-order valence-corrected chi connectivity index (χ3v) is 6.21. The molecular weight excluding hydrogens is 390 g/mol. The van der Waals surface area contributed by atoms with Crippen LogP contribution in [0.3, 0.4) is 0 Å². The predicted octanol–water partition coefficient (Wildman–Crippen LogP) is 3.59. The smallest absolute Gasteiger partial charge is 0.191 e. The van der Waals surface area contributed by atoms with Crippen molar-refractivity contribution in [3.8, 4) is 0 Å². The molecule has 0 saturated heterocycles. The maximum atomic E-state index is 4.48. The quantitative estimate of drug-likeness (QED) is 0.577. The summed E-state index contributed by atoms with van der Waals surface area (Å²) in [5.74, 6) is 0.844. The molecule has 1 saturated carbocycles. The minimum absolute atomic E-state index is 0.221. The van der Waals surface area contributed by atoms with Crippen LogP contribution in [0.4, 0.5) is 0 Å². The molecule has 0 atom stereocenters. The molecule has 0 bridgehead atoms. The largest absolute Gasteiger partial charge is 0.356 e. The van der Waals surface area contributed by atoms with Gasteiger partial charge in [0.2, 0.25) is 0 Å². The molecule has 26 heavy (non-hydrogen) atoms. The fourth-order valence-corrected chi connectivity index (χ4v) is 3.96. The zero-order chi connectivity index (χ0) is 18.7. The van der Waals surface area contributed by atoms with Crippen molar-refractivity contribution in [3.63, 3.8) is 0 Å². The van der Waals surface area contributed by atoms with Crippen LogP contribution in [-0.2, 0) is 19.0 Å². The summed E-state index contributed by atoms with van der Waals surface area (Å²) in [4.78, 5) is 4.40. The normalized spacial score (nSPS) is 16.3. The maximum Gasteiger partial charge on any atom is 0.191 e. The molecule has 6 heteroatoms. The van der Waals surface area contributed by atoms with Crippen LogP contribution in [-0.4, -0.2) is 29.3 Å². The van der Waals surface area contributed by atoms with E-state index in [1.54, 1.807) is 0 Å². The number of rotatable bonds is 5. The Morgan fingerprint density at radius 1 is 1.23 bits per heavy atom. The van der Waals surface area contributed by atoms with Crippen molar-refractivity contribution >= 4 is 21.9 Å². The fourth-order valence-electron chi connectivity index (χ4n) is 3.69. The van der Waals surface area contributed by atoms with Crippen LogP contribution >= 0.6 is 15.9 Å². The molecule has 3 rings (SSSR count). The Labute approximate surface area is 164 Å². The Morgan fingerprint density at radius 3 is 2.42 bits per heavy atom. The topological polar surface area (TPSA) is 54.2 Å². The molecule has 1 aliphatic carbocycles. The van der Waals surface area contributed by atoms with Gasteiger partial charge in [-0.15, -0.1) is 0 Å². The Morgan fingerprint density at radius 2 is 1.92 bits per heavy atom. The van der Waals surface area contributed by atoms with E-state index in [1.165, 1.54) is 36.1 Å². The first kappa shape index (κ1) is 19.0. The molecule has 1 aromatic carbocycles. The van der Waals surface area contributed by atoms with Gasteiger partial charge in [-0.3, -0.25) is 9.67 Å². The molecule has 1 aromatic heterocycles. The van der Waals surface area contributed by atoms with Gasteiger partial charge in [0.25, 0.3) is 0 Å². The van der Waals surface area contributed by atoms with Gasteiger partial charge in [-0.1, -0.05) is 34.5 Å². The van der Waals surface area contributed by atoms with E-state index in [-0.39, 0.29) is 5.41 Å². The number of guanidine groups is 1. The Bertz CT molecular complexity index is 787. The number of nitrogens with zero attached hydrogens (tertiary/aromatic N) is 3. The second-order valence-corrected chi connectivity index (χ2v) is 8.11. The summed E-state index contributed by atoms with van der Waals surface area (Å²) in [6, 6.07) is 8.75. The van der Waals surface area contributed by atoms with E-state index in [0.29, 0.717) is 0 Å². The molecular formula is C20H28BrN5. The van der Waals surface area contributed by atoms with Gasteiger partial charge in [0.15, 0.2) is 5.96 Å². The van der Waals surface area contributed by atoms with Crippen molar-refractivity contribution in [2.75, 3.05) is 13.6 Å². The van der Waals surface area contributed by atoms with Gasteiger partial charge in [-0.05, 0) is 44.4 Å². The molecule has 0 aliphatic heterocycles. The molecule has 0 radical (unpaired) electrons. The average Bonchev–Trinajstić information content (AvgIpc) is 2.83. The Balaban J connectivity index is 1.62. The number of hydrogen-bond donors (Lipinski definition) is 2. The van der Waals surface area contributed by atoms with Crippen LogP contribution in [0.2, 0.25) is 0 Å². The van der Waals surface area contributed by atoms with Crippen molar-refractivity contribution < 1.29 is 0 Å². The number of aromatic nitrogens is 2. The molecule has 2 N–H and O–H groups in total. The van der Waals surface area contributed by atoms with Crippen LogP contribution in [0.15, 0.2) is 33.7 Å². The van der Waals surface area contributed by atoms with Gasteiger partial charge in [-0.2, -0.15) is 5.10 Å². The second-order valence-electron chi connectivity index (χ2n) is 7.19. The predicted molar refractivity (Wildman–Crippen MR) is 111 cm³/mol. The van der Waals surface area contributed by atoms with E-state index < -0.39 is 0 Å². The lowest BCUT2D eigenvalue weighted by Gasteiger charge is -2.43. The summed E-state index contributed by atoms with van der Waals surface area (Å²) >= 11 is 3.53. The highest BCUT2D eigenvalue weighted by Crippen LogP contribution is 2.43. The Hall–Kier alpha value is -1.82. The van der Waals surface area contributed by atoms with Crippen LogP contribution in [0.1, 0.15) is 41.8 Å². The molecule has 1 heterocycles. The number of hydrogen-bond acceptors (Lipinski definition) is 2. The van der Waals surface area contributed by atoms with E-state index in [4.69, 9.17) is 0 Å². The first-order valence-electron chi connectivity index (χ1n) is 9.15. The summed E-state index contributed by atoms with van der Waals surface area (Å²) < 4.78 is 3.06. The molecule has 0 unspecified atom stereocenters. The zero-order valence-corrected chi connectivity index (χ0v) is 17.7. The molecule has 1 fully saturated rings. The second kappa shape index (κ2) is 7.82. The number of aryl methyl sites for hydroxylation is 2. The van der Waals surface area contributed by atoms with Crippen LogP contribution in [0.25, 0.3) is 0 Å². The van der Waals surface area contributed by atoms with Gasteiger partial charge in [-0.25, -0.2) is 0 Å². The lowest BCUT2D eigenvalue weighted by atomic mass is 9.64. The van der Waals surface area contributed by atoms with Crippen molar-refractivity contribution in [1.29, 1.82) is 0 Å². The van der Waals surface area contributed by atoms with Crippen molar-refractivity contribution in [1.82, 2.24) is 20.4 Å². The highest BCUT2D eigenvalue weighted by molar-refractivity contribution is 9.10. The minimum Gasteiger partial charge on any atom is -0.356 e. The lowest BCUT2D eigenvalue weighted by molar-refractivity contribution is 0.244. The van der Waals surface area contributed by atoms with Crippen LogP contribution in [0.5, 0.6) is 0 Å². The number of nitrogens with one attached hydrogen (secondary N) is 2. The molecule has 140 valence electrons. The molecule has 2 aromatic rings. The Kier molecular flexibility index (Phi) is 5.70. The summed E-state index contributed by atoms with van der Waals surface area (Å²) in [6.07, 6.45) is 3.73. The van der Waals surface area contributed by atoms with Crippen molar-refractivity contribution in [3.05, 3.63) is 51.3 Å². The fraction of sp³-hybridized carbons (Fsp3) is 0.500. The number of halogens is 1. The molecule has 1 aliphatic rings. The van der Waals surface area contributed by atoms with E-state index in [9.17, 15) is 0 Å². The van der Waals surface area contributed by atoms with E-state index in [1.807, 2.05) is 18.8 Å². The van der Waals surface area contributed by atoms with Crippen LogP contribution in [0, 0.1) is 13.8 Å². The van der Waals surface area contributed by atoms with E-state index in [2.05, 4.69) is 74.8 Å². The summed E-state index contributed by atoms with van der Waals surface area (Å²) in [6.45, 7) is 5.79. The highest BCUT2D eigenvalue weighted by Gasteiger charge is 2.38. The third kappa shape index (κ3) is 3.80. The lowest BCUT2D eigenvalue weighted by Crippen LogP contribution is -2.48. The molecule has 5 nitrogen and oxygen atoms in total. The number of benzene rings is 1. The van der Waals surface area contributed by atoms with Crippen molar-refractivity contribution in [2.45, 2.75) is 45.1 Å².